The smallest absolute Gasteiger partial charge is 0.416 e. The third kappa shape index (κ3) is 5.10. The molecule has 0 saturated carbocycles. The van der Waals surface area contributed by atoms with E-state index in [1.54, 1.807) is 25.1 Å². The van der Waals surface area contributed by atoms with Crippen LogP contribution in [0.25, 0.3) is 0 Å². The van der Waals surface area contributed by atoms with Gasteiger partial charge in [-0.15, -0.1) is 0 Å². The van der Waals surface area contributed by atoms with Crippen molar-refractivity contribution in [1.82, 2.24) is 5.01 Å². The second kappa shape index (κ2) is 9.52. The Kier molecular flexibility index (Phi) is 6.67. The van der Waals surface area contributed by atoms with Crippen LogP contribution in [0.15, 0.2) is 75.5 Å². The number of benzene rings is 2. The Morgan fingerprint density at radius 1 is 1.18 bits per heavy atom. The van der Waals surface area contributed by atoms with E-state index in [0.29, 0.717) is 33.3 Å². The summed E-state index contributed by atoms with van der Waals surface area (Å²) in [5, 5.41) is 10.7. The summed E-state index contributed by atoms with van der Waals surface area (Å²) in [6, 6.07) is 12.1. The highest BCUT2D eigenvalue weighted by Gasteiger charge is 2.34. The van der Waals surface area contributed by atoms with Gasteiger partial charge in [-0.2, -0.15) is 18.3 Å². The Hall–Kier alpha value is -3.30. The largest absolute Gasteiger partial charge is 0.457 e. The lowest BCUT2D eigenvalue weighted by Gasteiger charge is -2.23. The fourth-order valence-corrected chi connectivity index (χ4v) is 3.96. The van der Waals surface area contributed by atoms with E-state index in [1.165, 1.54) is 35.5 Å². The second-order valence-electron chi connectivity index (χ2n) is 7.35. The first-order valence-corrected chi connectivity index (χ1v) is 10.7. The molecule has 4 rings (SSSR count). The fourth-order valence-electron chi connectivity index (χ4n) is 3.44. The van der Waals surface area contributed by atoms with Crippen LogP contribution in [0.4, 0.5) is 13.2 Å². The van der Waals surface area contributed by atoms with E-state index in [1.807, 2.05) is 0 Å². The zero-order valence-electron chi connectivity index (χ0n) is 17.5. The van der Waals surface area contributed by atoms with E-state index in [4.69, 9.17) is 32.5 Å². The third-order valence-electron chi connectivity index (χ3n) is 5.09. The van der Waals surface area contributed by atoms with Crippen LogP contribution < -0.4 is 0 Å². The molecule has 1 aliphatic rings. The zero-order valence-corrected chi connectivity index (χ0v) is 19.0. The number of oxime groups is 1. The van der Waals surface area contributed by atoms with Gasteiger partial charge < -0.3 is 9.25 Å². The second-order valence-corrected chi connectivity index (χ2v) is 8.19. The molecular weight excluding hydrogens is 494 g/mol. The number of hydrogen-bond donors (Lipinski definition) is 0. The molecule has 0 bridgehead atoms. The van der Waals surface area contributed by atoms with Crippen LogP contribution in [0.3, 0.4) is 0 Å². The summed E-state index contributed by atoms with van der Waals surface area (Å²) in [6.45, 7) is 1.56. The molecule has 0 aliphatic carbocycles. The first-order valence-electron chi connectivity index (χ1n) is 9.92. The predicted octanol–water partition coefficient (Wildman–Crippen LogP) is 6.95. The lowest BCUT2D eigenvalue weighted by atomic mass is 9.97. The van der Waals surface area contributed by atoms with E-state index in [9.17, 15) is 18.0 Å². The van der Waals surface area contributed by atoms with Gasteiger partial charge in [0.05, 0.1) is 28.6 Å². The predicted molar refractivity (Wildman–Crippen MR) is 121 cm³/mol. The van der Waals surface area contributed by atoms with Crippen molar-refractivity contribution in [2.75, 3.05) is 0 Å². The van der Waals surface area contributed by atoms with Crippen LogP contribution >= 0.6 is 23.2 Å². The van der Waals surface area contributed by atoms with E-state index >= 15 is 0 Å². The van der Waals surface area contributed by atoms with Crippen molar-refractivity contribution in [3.8, 4) is 0 Å². The number of amidine groups is 1. The molecule has 176 valence electrons. The molecule has 2 heterocycles. The normalized spacial score (nSPS) is 16.5. The van der Waals surface area contributed by atoms with Crippen LogP contribution in [-0.2, 0) is 11.0 Å². The Labute approximate surface area is 202 Å². The molecule has 0 amide bonds. The highest BCUT2D eigenvalue weighted by molar-refractivity contribution is 6.37. The minimum absolute atomic E-state index is 0.0330. The number of nitrogens with zero attached hydrogens (tertiary/aromatic N) is 3. The molecule has 1 aromatic heterocycles. The standard InChI is InChI=1S/C23H16Cl2F3N3O3/c1-13(30-34-22(32)21-3-2-10-33-21)31-20(14-4-6-15(7-5-14)23(26,27)28)12-19(29-31)17-9-8-16(24)11-18(17)25/h2-11,20H,12H2,1H3/b30-13-. The number of carbonyl (C=O) groups is 1. The molecule has 3 aromatic rings. The van der Waals surface area contributed by atoms with Crippen LogP contribution in [0.1, 0.15) is 46.6 Å². The maximum absolute atomic E-state index is 13.0. The third-order valence-corrected chi connectivity index (χ3v) is 5.64. The molecule has 0 radical (unpaired) electrons. The van der Waals surface area contributed by atoms with Gasteiger partial charge in [0.15, 0.2) is 5.84 Å². The molecule has 0 spiro atoms. The molecule has 34 heavy (non-hydrogen) atoms. The maximum atomic E-state index is 13.0. The van der Waals surface area contributed by atoms with Gasteiger partial charge in [0.25, 0.3) is 0 Å². The molecular formula is C23H16Cl2F3N3O3. The summed E-state index contributed by atoms with van der Waals surface area (Å²) in [7, 11) is 0. The molecule has 1 unspecified atom stereocenters. The van der Waals surface area contributed by atoms with Crippen LogP contribution in [0.5, 0.6) is 0 Å². The van der Waals surface area contributed by atoms with Crippen molar-refractivity contribution in [2.24, 2.45) is 10.3 Å². The molecule has 6 nitrogen and oxygen atoms in total. The number of rotatable bonds is 4. The lowest BCUT2D eigenvalue weighted by molar-refractivity contribution is -0.137. The Morgan fingerprint density at radius 2 is 1.91 bits per heavy atom. The van der Waals surface area contributed by atoms with Crippen LogP contribution in [-0.4, -0.2) is 22.5 Å². The van der Waals surface area contributed by atoms with Crippen molar-refractivity contribution >= 4 is 40.7 Å². The number of hydrogen-bond acceptors (Lipinski definition) is 5. The van der Waals surface area contributed by atoms with E-state index in [0.717, 1.165) is 12.1 Å². The van der Waals surface area contributed by atoms with Crippen molar-refractivity contribution < 1.29 is 27.2 Å². The zero-order chi connectivity index (χ0) is 24.5. The van der Waals surface area contributed by atoms with Gasteiger partial charge in [0.1, 0.15) is 0 Å². The quantitative estimate of drug-likeness (QED) is 0.165. The van der Waals surface area contributed by atoms with E-state index in [2.05, 4.69) is 10.3 Å². The average Bonchev–Trinajstić information content (AvgIpc) is 3.47. The number of alkyl halides is 3. The molecule has 2 aromatic carbocycles. The fraction of sp³-hybridized carbons (Fsp3) is 0.174. The highest BCUT2D eigenvalue weighted by atomic mass is 35.5. The number of carbonyl (C=O) groups excluding carboxylic acids is 1. The summed E-state index contributed by atoms with van der Waals surface area (Å²) in [4.78, 5) is 17.0. The first-order chi connectivity index (χ1) is 16.1. The minimum atomic E-state index is -4.45. The van der Waals surface area contributed by atoms with Gasteiger partial charge in [-0.25, -0.2) is 9.80 Å². The van der Waals surface area contributed by atoms with Crippen LogP contribution in [0.2, 0.25) is 10.0 Å². The summed E-state index contributed by atoms with van der Waals surface area (Å²) in [5.41, 5.74) is 0.980. The number of halogens is 5. The lowest BCUT2D eigenvalue weighted by Crippen LogP contribution is -2.25. The summed E-state index contributed by atoms with van der Waals surface area (Å²) < 4.78 is 44.0. The average molecular weight is 510 g/mol. The molecule has 1 atom stereocenters. The van der Waals surface area contributed by atoms with E-state index in [-0.39, 0.29) is 11.6 Å². The number of hydrazone groups is 1. The summed E-state index contributed by atoms with van der Waals surface area (Å²) >= 11 is 12.3. The Morgan fingerprint density at radius 3 is 2.53 bits per heavy atom. The first kappa shape index (κ1) is 23.8. The Bertz CT molecular complexity index is 1260. The minimum Gasteiger partial charge on any atom is -0.457 e. The van der Waals surface area contributed by atoms with Gasteiger partial charge in [0.2, 0.25) is 5.76 Å². The Balaban J connectivity index is 1.66. The van der Waals surface area contributed by atoms with Crippen molar-refractivity contribution in [2.45, 2.75) is 25.6 Å². The maximum Gasteiger partial charge on any atom is 0.416 e. The van der Waals surface area contributed by atoms with Gasteiger partial charge >= 0.3 is 12.1 Å². The highest BCUT2D eigenvalue weighted by Crippen LogP contribution is 2.37. The molecule has 0 saturated heterocycles. The van der Waals surface area contributed by atoms with Crippen molar-refractivity contribution in [3.63, 3.8) is 0 Å². The topological polar surface area (TPSA) is 67.4 Å². The van der Waals surface area contributed by atoms with Crippen LogP contribution in [0, 0.1) is 0 Å². The molecule has 11 heteroatoms. The van der Waals surface area contributed by atoms with Gasteiger partial charge in [-0.3, -0.25) is 0 Å². The number of furan rings is 1. The summed E-state index contributed by atoms with van der Waals surface area (Å²) in [6.07, 6.45) is -2.82. The van der Waals surface area contributed by atoms with Gasteiger partial charge in [-0.05, 0) is 48.9 Å². The van der Waals surface area contributed by atoms with Crippen molar-refractivity contribution in [3.05, 3.63) is 93.4 Å². The summed E-state index contributed by atoms with van der Waals surface area (Å²) in [5.74, 6) is -0.640. The van der Waals surface area contributed by atoms with Crippen molar-refractivity contribution in [1.29, 1.82) is 0 Å². The molecule has 1 aliphatic heterocycles. The van der Waals surface area contributed by atoms with E-state index < -0.39 is 23.8 Å². The molecule has 0 N–H and O–H groups in total. The van der Waals surface area contributed by atoms with Gasteiger partial charge in [0, 0.05) is 17.0 Å². The monoisotopic (exact) mass is 509 g/mol. The van der Waals surface area contributed by atoms with Gasteiger partial charge in [-0.1, -0.05) is 46.6 Å². The molecule has 0 fully saturated rings. The SMILES string of the molecule is C/C(=N/OC(=O)c1ccco1)N1N=C(c2ccc(Cl)cc2Cl)CC1c1ccc(C(F)(F)F)cc1.